The largest absolute Gasteiger partial charge is 0.456 e. The van der Waals surface area contributed by atoms with E-state index in [2.05, 4.69) is 211 Å². The van der Waals surface area contributed by atoms with E-state index in [1.165, 1.54) is 82.6 Å². The molecular formula is C57H38N2O. The minimum atomic E-state index is -0.131. The zero-order valence-corrected chi connectivity index (χ0v) is 33.3. The van der Waals surface area contributed by atoms with Gasteiger partial charge in [-0.05, 0) is 112 Å². The summed E-state index contributed by atoms with van der Waals surface area (Å²) in [6.45, 7) is 4.75. The normalized spacial score (nSPS) is 13.3. The van der Waals surface area contributed by atoms with Crippen LogP contribution in [0.1, 0.15) is 25.0 Å². The Hall–Kier alpha value is -7.62. The Morgan fingerprint density at radius 3 is 1.78 bits per heavy atom. The monoisotopic (exact) mass is 766 g/mol. The molecule has 13 rings (SSSR count). The molecule has 3 aromatic heterocycles. The van der Waals surface area contributed by atoms with Crippen molar-refractivity contribution in [3.63, 3.8) is 0 Å². The van der Waals surface area contributed by atoms with Crippen LogP contribution in [0.2, 0.25) is 0 Å². The van der Waals surface area contributed by atoms with Crippen LogP contribution in [0.5, 0.6) is 0 Å². The van der Waals surface area contributed by atoms with Gasteiger partial charge in [-0.25, -0.2) is 0 Å². The first-order valence-corrected chi connectivity index (χ1v) is 20.8. The molecule has 0 aliphatic heterocycles. The fourth-order valence-corrected chi connectivity index (χ4v) is 10.5. The van der Waals surface area contributed by atoms with Gasteiger partial charge in [-0.15, -0.1) is 0 Å². The van der Waals surface area contributed by atoms with Gasteiger partial charge in [0.05, 0.1) is 27.8 Å². The number of rotatable bonds is 4. The van der Waals surface area contributed by atoms with Gasteiger partial charge in [0.25, 0.3) is 0 Å². The molecule has 0 unspecified atom stereocenters. The van der Waals surface area contributed by atoms with Crippen molar-refractivity contribution in [2.75, 3.05) is 0 Å². The molecule has 3 heterocycles. The van der Waals surface area contributed by atoms with Crippen molar-refractivity contribution in [2.24, 2.45) is 0 Å². The fraction of sp³-hybridized carbons (Fsp3) is 0.0526. The molecule has 0 fully saturated rings. The highest BCUT2D eigenvalue weighted by molar-refractivity contribution is 6.13. The summed E-state index contributed by atoms with van der Waals surface area (Å²) in [4.78, 5) is 0. The van der Waals surface area contributed by atoms with Crippen LogP contribution >= 0.6 is 0 Å². The molecular weight excluding hydrogens is 729 g/mol. The van der Waals surface area contributed by atoms with Gasteiger partial charge < -0.3 is 13.6 Å². The molecule has 0 saturated heterocycles. The highest BCUT2D eigenvalue weighted by atomic mass is 16.3. The summed E-state index contributed by atoms with van der Waals surface area (Å²) in [5.41, 5.74) is 18.9. The van der Waals surface area contributed by atoms with Crippen LogP contribution in [0, 0.1) is 0 Å². The lowest BCUT2D eigenvalue weighted by Gasteiger charge is -2.22. The molecule has 282 valence electrons. The van der Waals surface area contributed by atoms with E-state index < -0.39 is 0 Å². The fourth-order valence-electron chi connectivity index (χ4n) is 10.5. The van der Waals surface area contributed by atoms with E-state index in [4.69, 9.17) is 4.42 Å². The minimum absolute atomic E-state index is 0.131. The quantitative estimate of drug-likeness (QED) is 0.175. The molecule has 3 heteroatoms. The number of furan rings is 1. The van der Waals surface area contributed by atoms with Crippen LogP contribution in [0.15, 0.2) is 199 Å². The molecule has 1 aliphatic carbocycles. The van der Waals surface area contributed by atoms with E-state index in [1.54, 1.807) is 0 Å². The summed E-state index contributed by atoms with van der Waals surface area (Å²) in [5.74, 6) is 0. The predicted octanol–water partition coefficient (Wildman–Crippen LogP) is 15.4. The first kappa shape index (κ1) is 33.4. The number of para-hydroxylation sites is 4. The molecule has 3 nitrogen and oxygen atoms in total. The number of hydrogen-bond donors (Lipinski definition) is 0. The summed E-state index contributed by atoms with van der Waals surface area (Å²) in [7, 11) is 0. The van der Waals surface area contributed by atoms with Crippen molar-refractivity contribution in [1.82, 2.24) is 9.13 Å². The first-order chi connectivity index (χ1) is 29.5. The predicted molar refractivity (Wildman–Crippen MR) is 251 cm³/mol. The Bertz CT molecular complexity index is 3740. The lowest BCUT2D eigenvalue weighted by molar-refractivity contribution is 0.661. The topological polar surface area (TPSA) is 23.0 Å². The summed E-state index contributed by atoms with van der Waals surface area (Å²) in [5, 5.41) is 7.25. The van der Waals surface area contributed by atoms with Gasteiger partial charge >= 0.3 is 0 Å². The molecule has 0 saturated carbocycles. The number of aromatic nitrogens is 2. The Kier molecular flexibility index (Phi) is 6.78. The number of nitrogens with zero attached hydrogens (tertiary/aromatic N) is 2. The summed E-state index contributed by atoms with van der Waals surface area (Å²) < 4.78 is 11.2. The number of hydrogen-bond acceptors (Lipinski definition) is 1. The molecule has 9 aromatic carbocycles. The van der Waals surface area contributed by atoms with Gasteiger partial charge in [0, 0.05) is 49.0 Å². The maximum atomic E-state index is 6.32. The van der Waals surface area contributed by atoms with E-state index >= 15 is 0 Å². The smallest absolute Gasteiger partial charge is 0.135 e. The molecule has 0 atom stereocenters. The second kappa shape index (κ2) is 12.2. The average molecular weight is 767 g/mol. The zero-order valence-electron chi connectivity index (χ0n) is 33.3. The zero-order chi connectivity index (χ0) is 39.7. The van der Waals surface area contributed by atoms with Crippen LogP contribution in [0.3, 0.4) is 0 Å². The van der Waals surface area contributed by atoms with Gasteiger partial charge in [-0.2, -0.15) is 0 Å². The van der Waals surface area contributed by atoms with E-state index in [-0.39, 0.29) is 5.41 Å². The number of fused-ring (bicyclic) bond motifs is 12. The standard InChI is InChI=1S/C57H38N2O/c1-57(2)48-20-10-6-16-40(48)44-33-46-42-18-8-12-22-51(42)59(54(46)34-49(44)57)53-32-36(24-27-39(53)37-26-29-56-47(31-37)43-19-9-13-23-55(43)60-56)35-25-28-52-45(30-35)41-17-7-11-21-50(41)58(52)38-14-4-3-5-15-38/h3-34H,1-2H3. The van der Waals surface area contributed by atoms with Gasteiger partial charge in [-0.3, -0.25) is 0 Å². The van der Waals surface area contributed by atoms with Crippen molar-refractivity contribution < 1.29 is 4.42 Å². The third kappa shape index (κ3) is 4.60. The van der Waals surface area contributed by atoms with E-state index in [0.717, 1.165) is 38.9 Å². The highest BCUT2D eigenvalue weighted by Gasteiger charge is 2.36. The summed E-state index contributed by atoms with van der Waals surface area (Å²) in [6, 6.07) is 71.3. The Morgan fingerprint density at radius 2 is 0.950 bits per heavy atom. The van der Waals surface area contributed by atoms with Crippen LogP contribution in [0.4, 0.5) is 0 Å². The third-order valence-corrected chi connectivity index (χ3v) is 13.3. The molecule has 0 radical (unpaired) electrons. The molecule has 0 bridgehead atoms. The van der Waals surface area contributed by atoms with Crippen molar-refractivity contribution in [3.05, 3.63) is 205 Å². The first-order valence-electron chi connectivity index (χ1n) is 20.8. The second-order valence-electron chi connectivity index (χ2n) is 16.9. The molecule has 60 heavy (non-hydrogen) atoms. The SMILES string of the molecule is CC1(C)c2ccccc2-c2cc3c4ccccc4n(-c4cc(-c5ccc6c(c5)c5ccccc5n6-c5ccccc5)ccc4-c4ccc5oc6ccccc6c5c4)c3cc21. The lowest BCUT2D eigenvalue weighted by Crippen LogP contribution is -2.15. The van der Waals surface area contributed by atoms with Crippen LogP contribution < -0.4 is 0 Å². The van der Waals surface area contributed by atoms with Crippen LogP contribution in [0.25, 0.3) is 110 Å². The Morgan fingerprint density at radius 1 is 0.350 bits per heavy atom. The van der Waals surface area contributed by atoms with E-state index in [0.29, 0.717) is 0 Å². The van der Waals surface area contributed by atoms with Crippen molar-refractivity contribution in [2.45, 2.75) is 19.3 Å². The second-order valence-corrected chi connectivity index (χ2v) is 16.9. The summed E-state index contributed by atoms with van der Waals surface area (Å²) in [6.07, 6.45) is 0. The molecule has 0 amide bonds. The maximum Gasteiger partial charge on any atom is 0.135 e. The molecule has 12 aromatic rings. The minimum Gasteiger partial charge on any atom is -0.456 e. The van der Waals surface area contributed by atoms with Crippen molar-refractivity contribution >= 4 is 65.6 Å². The van der Waals surface area contributed by atoms with Gasteiger partial charge in [-0.1, -0.05) is 135 Å². The average Bonchev–Trinajstić information content (AvgIpc) is 4.00. The highest BCUT2D eigenvalue weighted by Crippen LogP contribution is 2.51. The van der Waals surface area contributed by atoms with Crippen LogP contribution in [-0.4, -0.2) is 9.13 Å². The lowest BCUT2D eigenvalue weighted by atomic mass is 9.82. The molecule has 0 N–H and O–H groups in total. The van der Waals surface area contributed by atoms with E-state index in [1.807, 2.05) is 6.07 Å². The van der Waals surface area contributed by atoms with E-state index in [9.17, 15) is 0 Å². The summed E-state index contributed by atoms with van der Waals surface area (Å²) >= 11 is 0. The maximum absolute atomic E-state index is 6.32. The van der Waals surface area contributed by atoms with Gasteiger partial charge in [0.2, 0.25) is 0 Å². The van der Waals surface area contributed by atoms with Crippen molar-refractivity contribution in [3.8, 4) is 44.8 Å². The van der Waals surface area contributed by atoms with Gasteiger partial charge in [0.15, 0.2) is 0 Å². The third-order valence-electron chi connectivity index (χ3n) is 13.3. The Labute approximate surface area is 347 Å². The van der Waals surface area contributed by atoms with Crippen molar-refractivity contribution in [1.29, 1.82) is 0 Å². The number of benzene rings is 9. The van der Waals surface area contributed by atoms with Crippen LogP contribution in [-0.2, 0) is 5.41 Å². The molecule has 0 spiro atoms. The Balaban J connectivity index is 1.09. The molecule has 1 aliphatic rings. The van der Waals surface area contributed by atoms with Gasteiger partial charge in [0.1, 0.15) is 11.2 Å².